The maximum atomic E-state index is 11.5. The van der Waals surface area contributed by atoms with Gasteiger partial charge in [-0.3, -0.25) is 5.32 Å². The molecule has 0 bridgehead atoms. The molecule has 17 heavy (non-hydrogen) atoms. The molecule has 0 spiro atoms. The van der Waals surface area contributed by atoms with Crippen LogP contribution in [-0.4, -0.2) is 17.1 Å². The van der Waals surface area contributed by atoms with Gasteiger partial charge in [-0.1, -0.05) is 35.3 Å². The average Bonchev–Trinajstić information content (AvgIpc) is 3.05. The Morgan fingerprint density at radius 2 is 2.12 bits per heavy atom. The smallest absolute Gasteiger partial charge is 0.328 e. The van der Waals surface area contributed by atoms with Gasteiger partial charge < -0.3 is 5.11 Å². The van der Waals surface area contributed by atoms with Gasteiger partial charge in [-0.25, -0.2) is 4.79 Å². The van der Waals surface area contributed by atoms with E-state index in [1.54, 1.807) is 25.1 Å². The number of carbonyl (C=O) groups is 1. The molecule has 5 heteroatoms. The van der Waals surface area contributed by atoms with Crippen molar-refractivity contribution in [2.45, 2.75) is 31.3 Å². The zero-order valence-electron chi connectivity index (χ0n) is 9.34. The maximum absolute atomic E-state index is 11.5. The Kier molecular flexibility index (Phi) is 3.34. The Morgan fingerprint density at radius 1 is 1.47 bits per heavy atom. The molecule has 2 rings (SSSR count). The molecule has 1 saturated carbocycles. The summed E-state index contributed by atoms with van der Waals surface area (Å²) in [6.45, 7) is 1.62. The third-order valence-electron chi connectivity index (χ3n) is 2.99. The molecule has 0 aliphatic heterocycles. The van der Waals surface area contributed by atoms with Crippen LogP contribution in [0.25, 0.3) is 0 Å². The molecule has 3 nitrogen and oxygen atoms in total. The number of nitrogens with one attached hydrogen (secondary N) is 1. The standard InChI is InChI=1S/C12H13Cl2NO2/c1-12(11(16)17,15-7-5-6-7)8-3-2-4-9(13)10(8)14/h2-4,7,15H,5-6H2,1H3,(H,16,17). The lowest BCUT2D eigenvalue weighted by atomic mass is 9.92. The predicted molar refractivity (Wildman–Crippen MR) is 67.6 cm³/mol. The SMILES string of the molecule is CC(NC1CC1)(C(=O)O)c1cccc(Cl)c1Cl. The number of carboxylic acids is 1. The van der Waals surface area contributed by atoms with Gasteiger partial charge >= 0.3 is 5.97 Å². The summed E-state index contributed by atoms with van der Waals surface area (Å²) in [7, 11) is 0. The summed E-state index contributed by atoms with van der Waals surface area (Å²) in [4.78, 5) is 11.5. The van der Waals surface area contributed by atoms with E-state index < -0.39 is 11.5 Å². The van der Waals surface area contributed by atoms with Crippen molar-refractivity contribution in [2.24, 2.45) is 0 Å². The van der Waals surface area contributed by atoms with Crippen molar-refractivity contribution in [3.8, 4) is 0 Å². The van der Waals surface area contributed by atoms with Gasteiger partial charge in [0.2, 0.25) is 0 Å². The highest BCUT2D eigenvalue weighted by molar-refractivity contribution is 6.42. The molecule has 1 aliphatic carbocycles. The molecule has 0 amide bonds. The fraction of sp³-hybridized carbons (Fsp3) is 0.417. The number of hydrogen-bond acceptors (Lipinski definition) is 2. The fourth-order valence-electron chi connectivity index (χ4n) is 1.78. The molecule has 1 aliphatic rings. The van der Waals surface area contributed by atoms with E-state index in [9.17, 15) is 9.90 Å². The average molecular weight is 274 g/mol. The van der Waals surface area contributed by atoms with Crippen LogP contribution in [0.4, 0.5) is 0 Å². The van der Waals surface area contributed by atoms with Gasteiger partial charge in [-0.15, -0.1) is 0 Å². The highest BCUT2D eigenvalue weighted by atomic mass is 35.5. The monoisotopic (exact) mass is 273 g/mol. The second kappa shape index (κ2) is 4.48. The lowest BCUT2D eigenvalue weighted by Crippen LogP contribution is -2.48. The summed E-state index contributed by atoms with van der Waals surface area (Å²) in [5.41, 5.74) is -0.686. The Bertz CT molecular complexity index is 460. The van der Waals surface area contributed by atoms with Crippen LogP contribution in [0.15, 0.2) is 18.2 Å². The third kappa shape index (κ3) is 2.41. The minimum absolute atomic E-state index is 0.256. The first-order chi connectivity index (χ1) is 7.95. The molecule has 1 atom stereocenters. The van der Waals surface area contributed by atoms with Crippen molar-refractivity contribution in [1.29, 1.82) is 0 Å². The number of benzene rings is 1. The van der Waals surface area contributed by atoms with Crippen molar-refractivity contribution >= 4 is 29.2 Å². The van der Waals surface area contributed by atoms with Crippen LogP contribution in [0.3, 0.4) is 0 Å². The first-order valence-corrected chi connectivity index (χ1v) is 6.16. The molecule has 0 saturated heterocycles. The summed E-state index contributed by atoms with van der Waals surface area (Å²) in [6, 6.07) is 5.30. The number of halogens is 2. The van der Waals surface area contributed by atoms with Crippen LogP contribution >= 0.6 is 23.2 Å². The zero-order valence-corrected chi connectivity index (χ0v) is 10.8. The molecule has 92 valence electrons. The molecule has 0 aromatic heterocycles. The highest BCUT2D eigenvalue weighted by Crippen LogP contribution is 2.35. The van der Waals surface area contributed by atoms with Crippen LogP contribution in [0.1, 0.15) is 25.3 Å². The molecule has 0 heterocycles. The van der Waals surface area contributed by atoms with E-state index in [1.807, 2.05) is 0 Å². The Labute approximate surface area is 110 Å². The molecule has 1 fully saturated rings. The quantitative estimate of drug-likeness (QED) is 0.887. The van der Waals surface area contributed by atoms with Crippen molar-refractivity contribution in [3.05, 3.63) is 33.8 Å². The molecule has 1 aromatic rings. The minimum Gasteiger partial charge on any atom is -0.480 e. The molecule has 0 radical (unpaired) electrons. The Hall–Kier alpha value is -0.770. The summed E-state index contributed by atoms with van der Waals surface area (Å²) in [5.74, 6) is -0.950. The first kappa shape index (κ1) is 12.7. The summed E-state index contributed by atoms with van der Waals surface area (Å²) >= 11 is 12.0. The molecule has 1 aromatic carbocycles. The minimum atomic E-state index is -1.19. The zero-order chi connectivity index (χ0) is 12.6. The molecule has 2 N–H and O–H groups in total. The van der Waals surface area contributed by atoms with E-state index in [1.165, 1.54) is 0 Å². The molecular formula is C12H13Cl2NO2. The van der Waals surface area contributed by atoms with Crippen molar-refractivity contribution in [2.75, 3.05) is 0 Å². The lowest BCUT2D eigenvalue weighted by Gasteiger charge is -2.28. The highest BCUT2D eigenvalue weighted by Gasteiger charge is 2.41. The van der Waals surface area contributed by atoms with E-state index in [-0.39, 0.29) is 6.04 Å². The fourth-order valence-corrected chi connectivity index (χ4v) is 2.27. The van der Waals surface area contributed by atoms with Gasteiger partial charge in [-0.2, -0.15) is 0 Å². The lowest BCUT2D eigenvalue weighted by molar-refractivity contribution is -0.144. The molecule has 1 unspecified atom stereocenters. The normalized spacial score (nSPS) is 18.8. The summed E-state index contributed by atoms with van der Waals surface area (Å²) in [6.07, 6.45) is 2.00. The van der Waals surface area contributed by atoms with E-state index in [2.05, 4.69) is 5.32 Å². The van der Waals surface area contributed by atoms with E-state index in [4.69, 9.17) is 23.2 Å². The summed E-state index contributed by atoms with van der Waals surface area (Å²) in [5, 5.41) is 13.2. The van der Waals surface area contributed by atoms with Gasteiger partial charge in [0.25, 0.3) is 0 Å². The van der Waals surface area contributed by atoms with Gasteiger partial charge in [0.1, 0.15) is 5.54 Å². The van der Waals surface area contributed by atoms with Gasteiger partial charge in [-0.05, 0) is 25.8 Å². The van der Waals surface area contributed by atoms with Gasteiger partial charge in [0.15, 0.2) is 0 Å². The Balaban J connectivity index is 2.44. The molecular weight excluding hydrogens is 261 g/mol. The number of carboxylic acid groups (broad SMARTS) is 1. The van der Waals surface area contributed by atoms with E-state index in [0.717, 1.165) is 12.8 Å². The van der Waals surface area contributed by atoms with E-state index in [0.29, 0.717) is 15.6 Å². The summed E-state index contributed by atoms with van der Waals surface area (Å²) < 4.78 is 0. The van der Waals surface area contributed by atoms with Crippen LogP contribution in [0.5, 0.6) is 0 Å². The van der Waals surface area contributed by atoms with Crippen LogP contribution in [-0.2, 0) is 10.3 Å². The van der Waals surface area contributed by atoms with Gasteiger partial charge in [0, 0.05) is 11.6 Å². The number of rotatable bonds is 4. The van der Waals surface area contributed by atoms with Crippen molar-refractivity contribution in [1.82, 2.24) is 5.32 Å². The predicted octanol–water partition coefficient (Wildman–Crippen LogP) is 3.05. The van der Waals surface area contributed by atoms with Crippen LogP contribution < -0.4 is 5.32 Å². The largest absolute Gasteiger partial charge is 0.480 e. The Morgan fingerprint density at radius 3 is 2.65 bits per heavy atom. The van der Waals surface area contributed by atoms with Gasteiger partial charge in [0.05, 0.1) is 10.0 Å². The second-order valence-electron chi connectivity index (χ2n) is 4.45. The number of aliphatic carboxylic acids is 1. The van der Waals surface area contributed by atoms with Crippen molar-refractivity contribution in [3.63, 3.8) is 0 Å². The van der Waals surface area contributed by atoms with E-state index >= 15 is 0 Å². The third-order valence-corrected chi connectivity index (χ3v) is 3.81. The van der Waals surface area contributed by atoms with Crippen LogP contribution in [0.2, 0.25) is 10.0 Å². The number of hydrogen-bond donors (Lipinski definition) is 2. The van der Waals surface area contributed by atoms with Crippen molar-refractivity contribution < 1.29 is 9.90 Å². The topological polar surface area (TPSA) is 49.3 Å². The second-order valence-corrected chi connectivity index (χ2v) is 5.24. The van der Waals surface area contributed by atoms with Crippen LogP contribution in [0, 0.1) is 0 Å². The first-order valence-electron chi connectivity index (χ1n) is 5.40. The maximum Gasteiger partial charge on any atom is 0.328 e.